The minimum Gasteiger partial charge on any atom is -0.323 e. The van der Waals surface area contributed by atoms with Crippen LogP contribution >= 0.6 is 0 Å². The first-order valence-electron chi connectivity index (χ1n) is 11.5. The molecule has 3 heteroatoms. The minimum atomic E-state index is -0.183. The van der Waals surface area contributed by atoms with Crippen molar-refractivity contribution in [2.45, 2.75) is 118 Å². The quantitative estimate of drug-likeness (QED) is 0.342. The molecule has 0 fully saturated rings. The third kappa shape index (κ3) is 5.69. The molecular weight excluding hydrogens is 318 g/mol. The summed E-state index contributed by atoms with van der Waals surface area (Å²) in [7, 11) is 0. The molecule has 0 aliphatic carbocycles. The van der Waals surface area contributed by atoms with Crippen LogP contribution in [0.1, 0.15) is 101 Å². The fraction of sp³-hybridized carbons (Fsp3) is 1.00. The smallest absolute Gasteiger partial charge is 0.0416 e. The van der Waals surface area contributed by atoms with Crippen LogP contribution < -0.4 is 16.4 Å². The molecule has 5 unspecified atom stereocenters. The molecule has 3 nitrogen and oxygen atoms in total. The summed E-state index contributed by atoms with van der Waals surface area (Å²) in [6, 6.07) is 0.575. The summed E-state index contributed by atoms with van der Waals surface area (Å²) in [6.45, 7) is 22.9. The van der Waals surface area contributed by atoms with E-state index in [1.807, 2.05) is 0 Å². The Morgan fingerprint density at radius 1 is 0.731 bits per heavy atom. The van der Waals surface area contributed by atoms with E-state index in [0.29, 0.717) is 23.8 Å². The zero-order chi connectivity index (χ0) is 20.4. The highest BCUT2D eigenvalue weighted by molar-refractivity contribution is 5.15. The molecule has 0 saturated carbocycles. The Balaban J connectivity index is 5.86. The van der Waals surface area contributed by atoms with Gasteiger partial charge in [0.2, 0.25) is 0 Å². The predicted molar refractivity (Wildman–Crippen MR) is 119 cm³/mol. The van der Waals surface area contributed by atoms with Crippen LogP contribution in [0.15, 0.2) is 0 Å². The fourth-order valence-electron chi connectivity index (χ4n) is 4.93. The molecule has 0 saturated heterocycles. The van der Waals surface area contributed by atoms with E-state index in [4.69, 9.17) is 5.73 Å². The van der Waals surface area contributed by atoms with Crippen molar-refractivity contribution in [2.24, 2.45) is 23.5 Å². The zero-order valence-corrected chi connectivity index (χ0v) is 19.5. The van der Waals surface area contributed by atoms with Crippen LogP contribution in [0.5, 0.6) is 0 Å². The van der Waals surface area contributed by atoms with Gasteiger partial charge in [-0.2, -0.15) is 0 Å². The molecule has 158 valence electrons. The van der Waals surface area contributed by atoms with Gasteiger partial charge in [0.1, 0.15) is 0 Å². The van der Waals surface area contributed by atoms with Crippen LogP contribution in [0, 0.1) is 17.8 Å². The van der Waals surface area contributed by atoms with E-state index in [9.17, 15) is 0 Å². The van der Waals surface area contributed by atoms with E-state index >= 15 is 0 Å². The molecule has 0 aliphatic rings. The lowest BCUT2D eigenvalue weighted by Crippen LogP contribution is -2.76. The Hall–Kier alpha value is -0.120. The summed E-state index contributed by atoms with van der Waals surface area (Å²) in [5, 5.41) is 7.71. The SMILES string of the molecule is CCCC(N)(C(C)CC)C(NCCNC(C)CC)(C(C)CC)C(C)CC. The van der Waals surface area contributed by atoms with Crippen LogP contribution in [0.25, 0.3) is 0 Å². The third-order valence-electron chi connectivity index (χ3n) is 7.35. The van der Waals surface area contributed by atoms with Gasteiger partial charge < -0.3 is 16.4 Å². The van der Waals surface area contributed by atoms with Crippen molar-refractivity contribution >= 4 is 0 Å². The van der Waals surface area contributed by atoms with Gasteiger partial charge >= 0.3 is 0 Å². The van der Waals surface area contributed by atoms with E-state index in [1.54, 1.807) is 0 Å². The van der Waals surface area contributed by atoms with Gasteiger partial charge in [-0.25, -0.2) is 0 Å². The first-order valence-corrected chi connectivity index (χ1v) is 11.5. The van der Waals surface area contributed by atoms with Crippen molar-refractivity contribution in [3.63, 3.8) is 0 Å². The average Bonchev–Trinajstić information content (AvgIpc) is 2.65. The van der Waals surface area contributed by atoms with Gasteiger partial charge in [0.05, 0.1) is 0 Å². The standard InChI is InChI=1S/C23H51N3/c1-10-15-22(24,18(6)11-2)23(19(7)12-3,20(8)13-4)26-17-16-25-21(9)14-5/h18-21,25-26H,10-17,24H2,1-9H3. The van der Waals surface area contributed by atoms with E-state index in [1.165, 1.54) is 6.42 Å². The second-order valence-corrected chi connectivity index (χ2v) is 8.78. The lowest BCUT2D eigenvalue weighted by atomic mass is 9.56. The van der Waals surface area contributed by atoms with Gasteiger partial charge in [0.15, 0.2) is 0 Å². The largest absolute Gasteiger partial charge is 0.323 e. The molecule has 0 heterocycles. The first kappa shape index (κ1) is 25.9. The van der Waals surface area contributed by atoms with E-state index in [0.717, 1.165) is 45.2 Å². The van der Waals surface area contributed by atoms with Gasteiger partial charge in [0.25, 0.3) is 0 Å². The summed E-state index contributed by atoms with van der Waals surface area (Å²) < 4.78 is 0. The number of hydrogen-bond acceptors (Lipinski definition) is 3. The molecule has 0 rings (SSSR count). The summed E-state index contributed by atoms with van der Waals surface area (Å²) in [4.78, 5) is 0. The Morgan fingerprint density at radius 2 is 1.23 bits per heavy atom. The second-order valence-electron chi connectivity index (χ2n) is 8.78. The summed E-state index contributed by atoms with van der Waals surface area (Å²) in [5.74, 6) is 1.60. The first-order chi connectivity index (χ1) is 12.2. The Labute approximate surface area is 165 Å². The Bertz CT molecular complexity index is 347. The molecule has 0 aromatic rings. The molecule has 26 heavy (non-hydrogen) atoms. The highest BCUT2D eigenvalue weighted by Gasteiger charge is 2.55. The lowest BCUT2D eigenvalue weighted by molar-refractivity contribution is 0.00265. The molecule has 0 amide bonds. The fourth-order valence-corrected chi connectivity index (χ4v) is 4.93. The van der Waals surface area contributed by atoms with Crippen molar-refractivity contribution < 1.29 is 0 Å². The van der Waals surface area contributed by atoms with Gasteiger partial charge in [-0.3, -0.25) is 0 Å². The minimum absolute atomic E-state index is 0.0287. The molecule has 5 atom stereocenters. The Morgan fingerprint density at radius 3 is 1.62 bits per heavy atom. The molecule has 0 spiro atoms. The maximum Gasteiger partial charge on any atom is 0.0416 e. The maximum absolute atomic E-state index is 7.38. The van der Waals surface area contributed by atoms with Crippen LogP contribution in [0.2, 0.25) is 0 Å². The second kappa shape index (κ2) is 12.4. The molecule has 4 N–H and O–H groups in total. The lowest BCUT2D eigenvalue weighted by Gasteiger charge is -2.59. The molecular formula is C23H51N3. The van der Waals surface area contributed by atoms with E-state index in [2.05, 4.69) is 72.9 Å². The summed E-state index contributed by atoms with van der Waals surface area (Å²) in [6.07, 6.45) is 6.86. The average molecular weight is 370 g/mol. The number of nitrogens with two attached hydrogens (primary N) is 1. The van der Waals surface area contributed by atoms with Gasteiger partial charge in [-0.1, -0.05) is 81.1 Å². The zero-order valence-electron chi connectivity index (χ0n) is 19.5. The number of rotatable bonds is 15. The highest BCUT2D eigenvalue weighted by atomic mass is 15.1. The van der Waals surface area contributed by atoms with E-state index < -0.39 is 0 Å². The number of hydrogen-bond donors (Lipinski definition) is 3. The van der Waals surface area contributed by atoms with Crippen molar-refractivity contribution in [2.75, 3.05) is 13.1 Å². The normalized spacial score (nSPS) is 21.5. The number of nitrogens with one attached hydrogen (secondary N) is 2. The molecule has 0 bridgehead atoms. The van der Waals surface area contributed by atoms with Crippen LogP contribution in [-0.4, -0.2) is 30.2 Å². The molecule has 0 aromatic heterocycles. The van der Waals surface area contributed by atoms with Gasteiger partial charge in [0, 0.05) is 30.2 Å². The monoisotopic (exact) mass is 369 g/mol. The molecule has 0 radical (unpaired) electrons. The Kier molecular flexibility index (Phi) is 12.3. The summed E-state index contributed by atoms with van der Waals surface area (Å²) >= 11 is 0. The topological polar surface area (TPSA) is 50.1 Å². The van der Waals surface area contributed by atoms with Crippen LogP contribution in [-0.2, 0) is 0 Å². The molecule has 0 aromatic carbocycles. The molecule has 0 aliphatic heterocycles. The van der Waals surface area contributed by atoms with Crippen molar-refractivity contribution in [3.8, 4) is 0 Å². The third-order valence-corrected chi connectivity index (χ3v) is 7.35. The van der Waals surface area contributed by atoms with Crippen LogP contribution in [0.4, 0.5) is 0 Å². The summed E-state index contributed by atoms with van der Waals surface area (Å²) in [5.41, 5.74) is 7.17. The van der Waals surface area contributed by atoms with Gasteiger partial charge in [-0.05, 0) is 37.5 Å². The van der Waals surface area contributed by atoms with Crippen molar-refractivity contribution in [1.82, 2.24) is 10.6 Å². The van der Waals surface area contributed by atoms with E-state index in [-0.39, 0.29) is 11.1 Å². The van der Waals surface area contributed by atoms with Crippen LogP contribution in [0.3, 0.4) is 0 Å². The van der Waals surface area contributed by atoms with Crippen molar-refractivity contribution in [1.29, 1.82) is 0 Å². The van der Waals surface area contributed by atoms with Gasteiger partial charge in [-0.15, -0.1) is 0 Å². The highest BCUT2D eigenvalue weighted by Crippen LogP contribution is 2.45. The predicted octanol–water partition coefficient (Wildman–Crippen LogP) is 5.34. The van der Waals surface area contributed by atoms with Crippen molar-refractivity contribution in [3.05, 3.63) is 0 Å². The maximum atomic E-state index is 7.38.